The van der Waals surface area contributed by atoms with Crippen LogP contribution in [0, 0.1) is 6.92 Å². The molecule has 0 saturated heterocycles. The van der Waals surface area contributed by atoms with Crippen LogP contribution in [-0.2, 0) is 4.79 Å². The molecule has 4 rings (SSSR count). The van der Waals surface area contributed by atoms with Gasteiger partial charge in [-0.3, -0.25) is 9.36 Å². The number of benzene rings is 3. The number of carbonyl (C=O) groups excluding carboxylic acids is 2. The minimum atomic E-state index is -1.25. The maximum absolute atomic E-state index is 12.4. The molecule has 1 aromatic heterocycles. The number of aromatic carboxylic acids is 1. The van der Waals surface area contributed by atoms with E-state index < -0.39 is 5.97 Å². The van der Waals surface area contributed by atoms with Gasteiger partial charge in [0.2, 0.25) is 0 Å². The zero-order chi connectivity index (χ0) is 25.5. The third-order valence-corrected chi connectivity index (χ3v) is 6.08. The van der Waals surface area contributed by atoms with Crippen LogP contribution in [-0.4, -0.2) is 45.7 Å². The van der Waals surface area contributed by atoms with Gasteiger partial charge in [0, 0.05) is 11.3 Å². The van der Waals surface area contributed by atoms with Crippen LogP contribution in [0.15, 0.2) is 83.1 Å². The third kappa shape index (κ3) is 5.97. The van der Waals surface area contributed by atoms with E-state index in [1.165, 1.54) is 30.1 Å². The number of hydrazone groups is 1. The summed E-state index contributed by atoms with van der Waals surface area (Å²) in [7, 11) is 1.61. The Hall–Kier alpha value is -4.44. The van der Waals surface area contributed by atoms with Gasteiger partial charge in [-0.25, -0.2) is 5.43 Å². The quantitative estimate of drug-likeness (QED) is 0.213. The number of amides is 1. The molecule has 0 bridgehead atoms. The molecule has 10 heteroatoms. The number of nitrogens with zero attached hydrogens (tertiary/aromatic N) is 4. The third-order valence-electron chi connectivity index (χ3n) is 5.16. The lowest BCUT2D eigenvalue weighted by atomic mass is 10.1. The lowest BCUT2D eigenvalue weighted by molar-refractivity contribution is -0.255. The van der Waals surface area contributed by atoms with Crippen molar-refractivity contribution in [3.63, 3.8) is 0 Å². The highest BCUT2D eigenvalue weighted by Crippen LogP contribution is 2.29. The fourth-order valence-electron chi connectivity index (χ4n) is 3.26. The smallest absolute Gasteiger partial charge is 0.250 e. The molecular formula is C26H22N5O4S-. The Bertz CT molecular complexity index is 1380. The Morgan fingerprint density at radius 1 is 1.03 bits per heavy atom. The molecule has 1 heterocycles. The number of rotatable bonds is 9. The van der Waals surface area contributed by atoms with Crippen molar-refractivity contribution in [2.75, 3.05) is 12.9 Å². The number of hydrogen-bond donors (Lipinski definition) is 1. The topological polar surface area (TPSA) is 122 Å². The Morgan fingerprint density at radius 2 is 1.72 bits per heavy atom. The molecule has 0 spiro atoms. The van der Waals surface area contributed by atoms with Crippen molar-refractivity contribution in [1.29, 1.82) is 0 Å². The monoisotopic (exact) mass is 500 g/mol. The van der Waals surface area contributed by atoms with Crippen molar-refractivity contribution in [1.82, 2.24) is 20.2 Å². The highest BCUT2D eigenvalue weighted by Gasteiger charge is 2.17. The first kappa shape index (κ1) is 24.7. The average molecular weight is 501 g/mol. The molecule has 9 nitrogen and oxygen atoms in total. The molecule has 3 aromatic carbocycles. The van der Waals surface area contributed by atoms with Gasteiger partial charge in [-0.1, -0.05) is 53.7 Å². The standard InChI is InChI=1S/C26H23N5O4S/c1-17-3-11-21(12-4-17)31-24(19-9-13-22(35-2)14-10-19)29-30-26(31)36-16-23(32)28-27-15-18-5-7-20(8-6-18)25(33)34/h3-15H,16H2,1-2H3,(H,28,32)(H,33,34)/p-1/b27-15+. The first-order chi connectivity index (χ1) is 17.4. The summed E-state index contributed by atoms with van der Waals surface area (Å²) in [5.74, 6) is -0.137. The highest BCUT2D eigenvalue weighted by molar-refractivity contribution is 7.99. The molecule has 0 aliphatic carbocycles. The van der Waals surface area contributed by atoms with Crippen LogP contribution in [0.4, 0.5) is 0 Å². The van der Waals surface area contributed by atoms with E-state index in [0.29, 0.717) is 16.5 Å². The van der Waals surface area contributed by atoms with Crippen molar-refractivity contribution < 1.29 is 19.4 Å². The number of methoxy groups -OCH3 is 1. The number of aromatic nitrogens is 3. The molecule has 0 unspecified atom stereocenters. The van der Waals surface area contributed by atoms with Crippen LogP contribution in [0.5, 0.6) is 5.75 Å². The second-order valence-electron chi connectivity index (χ2n) is 7.70. The second kappa shape index (κ2) is 11.3. The molecule has 0 aliphatic heterocycles. The van der Waals surface area contributed by atoms with E-state index in [1.54, 1.807) is 19.2 Å². The van der Waals surface area contributed by atoms with Gasteiger partial charge in [0.1, 0.15) is 5.75 Å². The number of carboxylic acids is 1. The van der Waals surface area contributed by atoms with Crippen LogP contribution in [0.25, 0.3) is 17.1 Å². The van der Waals surface area contributed by atoms with Gasteiger partial charge in [-0.15, -0.1) is 10.2 Å². The second-order valence-corrected chi connectivity index (χ2v) is 8.64. The van der Waals surface area contributed by atoms with Gasteiger partial charge in [-0.05, 0) is 54.4 Å². The zero-order valence-corrected chi connectivity index (χ0v) is 20.4. The van der Waals surface area contributed by atoms with Gasteiger partial charge in [0.15, 0.2) is 11.0 Å². The maximum atomic E-state index is 12.4. The predicted octanol–water partition coefficient (Wildman–Crippen LogP) is 2.86. The van der Waals surface area contributed by atoms with Crippen molar-refractivity contribution in [2.24, 2.45) is 5.10 Å². The van der Waals surface area contributed by atoms with Crippen molar-refractivity contribution in [3.05, 3.63) is 89.5 Å². The summed E-state index contributed by atoms with van der Waals surface area (Å²) < 4.78 is 7.15. The normalized spacial score (nSPS) is 10.9. The van der Waals surface area contributed by atoms with Crippen LogP contribution < -0.4 is 15.3 Å². The van der Waals surface area contributed by atoms with Crippen LogP contribution >= 0.6 is 11.8 Å². The van der Waals surface area contributed by atoms with Crippen LogP contribution in [0.3, 0.4) is 0 Å². The average Bonchev–Trinajstić information content (AvgIpc) is 3.32. The lowest BCUT2D eigenvalue weighted by Crippen LogP contribution is -2.22. The Morgan fingerprint density at radius 3 is 2.36 bits per heavy atom. The van der Waals surface area contributed by atoms with Gasteiger partial charge in [-0.2, -0.15) is 5.10 Å². The maximum Gasteiger partial charge on any atom is 0.250 e. The number of aryl methyl sites for hydroxylation is 1. The molecule has 1 amide bonds. The Balaban J connectivity index is 1.48. The van der Waals surface area contributed by atoms with Gasteiger partial charge >= 0.3 is 0 Å². The molecule has 182 valence electrons. The number of hydrogen-bond acceptors (Lipinski definition) is 8. The van der Waals surface area contributed by atoms with E-state index in [2.05, 4.69) is 20.7 Å². The molecule has 0 radical (unpaired) electrons. The summed E-state index contributed by atoms with van der Waals surface area (Å²) in [6, 6.07) is 21.4. The number of ether oxygens (including phenoxy) is 1. The fourth-order valence-corrected chi connectivity index (χ4v) is 4.01. The molecule has 0 fully saturated rings. The van der Waals surface area contributed by atoms with Gasteiger partial charge in [0.25, 0.3) is 5.91 Å². The van der Waals surface area contributed by atoms with E-state index in [0.717, 1.165) is 22.6 Å². The summed E-state index contributed by atoms with van der Waals surface area (Å²) in [6.45, 7) is 2.01. The first-order valence-electron chi connectivity index (χ1n) is 10.9. The largest absolute Gasteiger partial charge is 0.545 e. The van der Waals surface area contributed by atoms with E-state index >= 15 is 0 Å². The highest BCUT2D eigenvalue weighted by atomic mass is 32.2. The first-order valence-corrected chi connectivity index (χ1v) is 11.9. The summed E-state index contributed by atoms with van der Waals surface area (Å²) in [5, 5.41) is 24.0. The summed E-state index contributed by atoms with van der Waals surface area (Å²) in [4.78, 5) is 23.2. The number of carbonyl (C=O) groups is 2. The van der Waals surface area contributed by atoms with E-state index in [4.69, 9.17) is 4.74 Å². The summed E-state index contributed by atoms with van der Waals surface area (Å²) in [5.41, 5.74) is 6.02. The summed E-state index contributed by atoms with van der Waals surface area (Å²) in [6.07, 6.45) is 1.43. The molecule has 1 N–H and O–H groups in total. The van der Waals surface area contributed by atoms with Gasteiger partial charge in [0.05, 0.1) is 25.0 Å². The van der Waals surface area contributed by atoms with Crippen LogP contribution in [0.2, 0.25) is 0 Å². The lowest BCUT2D eigenvalue weighted by Gasteiger charge is -2.11. The van der Waals surface area contributed by atoms with E-state index in [-0.39, 0.29) is 17.2 Å². The fraction of sp³-hybridized carbons (Fsp3) is 0.115. The van der Waals surface area contributed by atoms with Crippen molar-refractivity contribution in [3.8, 4) is 22.8 Å². The molecular weight excluding hydrogens is 478 g/mol. The van der Waals surface area contributed by atoms with Crippen molar-refractivity contribution in [2.45, 2.75) is 12.1 Å². The van der Waals surface area contributed by atoms with E-state index in [9.17, 15) is 14.7 Å². The molecule has 0 atom stereocenters. The molecule has 4 aromatic rings. The van der Waals surface area contributed by atoms with Gasteiger partial charge < -0.3 is 14.6 Å². The van der Waals surface area contributed by atoms with Crippen LogP contribution in [0.1, 0.15) is 21.5 Å². The number of nitrogens with one attached hydrogen (secondary N) is 1. The minimum Gasteiger partial charge on any atom is -0.545 e. The van der Waals surface area contributed by atoms with Crippen molar-refractivity contribution >= 4 is 29.9 Å². The number of thioether (sulfide) groups is 1. The number of carboxylic acid groups (broad SMARTS) is 1. The molecule has 36 heavy (non-hydrogen) atoms. The zero-order valence-electron chi connectivity index (χ0n) is 19.5. The Labute approximate surface area is 211 Å². The molecule has 0 saturated carbocycles. The minimum absolute atomic E-state index is 0.0631. The van der Waals surface area contributed by atoms with E-state index in [1.807, 2.05) is 60.0 Å². The Kier molecular flexibility index (Phi) is 7.76. The molecule has 0 aliphatic rings. The predicted molar refractivity (Wildman–Crippen MR) is 135 cm³/mol. The summed E-state index contributed by atoms with van der Waals surface area (Å²) >= 11 is 1.24. The SMILES string of the molecule is COc1ccc(-c2nnc(SCC(=O)N/N=C/c3ccc(C(=O)[O-])cc3)n2-c2ccc(C)cc2)cc1.